The molecule has 0 saturated carbocycles. The van der Waals surface area contributed by atoms with Gasteiger partial charge in [0.25, 0.3) is 0 Å². The number of nitrogens with one attached hydrogen (secondary N) is 1. The second-order valence-electron chi connectivity index (χ2n) is 8.54. The van der Waals surface area contributed by atoms with Crippen LogP contribution in [0.15, 0.2) is 53.7 Å². The van der Waals surface area contributed by atoms with Crippen molar-refractivity contribution in [3.63, 3.8) is 0 Å². The average Bonchev–Trinajstić information content (AvgIpc) is 3.34. The lowest BCUT2D eigenvalue weighted by molar-refractivity contribution is -0.130. The quantitative estimate of drug-likeness (QED) is 0.623. The number of carbonyl (C=O) groups excluding carboxylic acids is 1. The highest BCUT2D eigenvalue weighted by atomic mass is 35.5. The lowest BCUT2D eigenvalue weighted by Gasteiger charge is -2.35. The van der Waals surface area contributed by atoms with Crippen LogP contribution in [0.25, 0.3) is 16.6 Å². The zero-order chi connectivity index (χ0) is 23.8. The highest BCUT2D eigenvalue weighted by molar-refractivity contribution is 6.35. The van der Waals surface area contributed by atoms with Crippen LogP contribution in [0.3, 0.4) is 0 Å². The Morgan fingerprint density at radius 2 is 2.06 bits per heavy atom. The monoisotopic (exact) mass is 478 g/mol. The molecule has 4 heterocycles. The molecule has 1 saturated heterocycles. The van der Waals surface area contributed by atoms with E-state index in [4.69, 9.17) is 16.6 Å². The molecule has 174 valence electrons. The Kier molecular flexibility index (Phi) is 6.02. The van der Waals surface area contributed by atoms with Crippen molar-refractivity contribution in [3.8, 4) is 0 Å². The molecule has 0 radical (unpaired) electrons. The molecule has 2 aliphatic heterocycles. The van der Waals surface area contributed by atoms with Crippen molar-refractivity contribution >= 4 is 45.5 Å². The van der Waals surface area contributed by atoms with Crippen molar-refractivity contribution in [1.29, 1.82) is 0 Å². The SMILES string of the molecule is CN(C)C(=O)[C@H]1CN(c2cnc3ccc(C4=CCN=C4c4cc(Cl)ccc4F)nc3c2)CCN1. The summed E-state index contributed by atoms with van der Waals surface area (Å²) in [5.74, 6) is -0.326. The first-order chi connectivity index (χ1) is 16.4. The van der Waals surface area contributed by atoms with E-state index < -0.39 is 0 Å². The number of fused-ring (bicyclic) bond motifs is 1. The Morgan fingerprint density at radius 3 is 2.88 bits per heavy atom. The highest BCUT2D eigenvalue weighted by Gasteiger charge is 2.27. The van der Waals surface area contributed by atoms with Crippen molar-refractivity contribution in [2.45, 2.75) is 6.04 Å². The van der Waals surface area contributed by atoms with Gasteiger partial charge in [-0.2, -0.15) is 0 Å². The Bertz CT molecular complexity index is 1340. The molecule has 2 aliphatic rings. The number of amides is 1. The first kappa shape index (κ1) is 22.4. The summed E-state index contributed by atoms with van der Waals surface area (Å²) in [6.45, 7) is 2.48. The number of hydrogen-bond acceptors (Lipinski definition) is 6. The first-order valence-electron chi connectivity index (χ1n) is 11.1. The Morgan fingerprint density at radius 1 is 1.21 bits per heavy atom. The summed E-state index contributed by atoms with van der Waals surface area (Å²) in [6.07, 6.45) is 3.75. The summed E-state index contributed by atoms with van der Waals surface area (Å²) in [5.41, 5.74) is 4.77. The minimum atomic E-state index is -0.374. The minimum Gasteiger partial charge on any atom is -0.367 e. The van der Waals surface area contributed by atoms with Gasteiger partial charge in [0.2, 0.25) is 5.91 Å². The van der Waals surface area contributed by atoms with Gasteiger partial charge in [-0.3, -0.25) is 14.8 Å². The van der Waals surface area contributed by atoms with Gasteiger partial charge in [-0.25, -0.2) is 9.37 Å². The van der Waals surface area contributed by atoms with E-state index in [1.54, 1.807) is 25.1 Å². The largest absolute Gasteiger partial charge is 0.367 e. The van der Waals surface area contributed by atoms with E-state index in [1.165, 1.54) is 12.1 Å². The maximum atomic E-state index is 14.5. The number of pyridine rings is 2. The van der Waals surface area contributed by atoms with Gasteiger partial charge >= 0.3 is 0 Å². The molecule has 0 spiro atoms. The Balaban J connectivity index is 1.45. The van der Waals surface area contributed by atoms with E-state index in [0.717, 1.165) is 28.8 Å². The van der Waals surface area contributed by atoms with Crippen molar-refractivity contribution in [1.82, 2.24) is 20.2 Å². The van der Waals surface area contributed by atoms with Gasteiger partial charge in [0.1, 0.15) is 11.9 Å². The van der Waals surface area contributed by atoms with E-state index in [0.29, 0.717) is 41.6 Å². The molecule has 3 aromatic rings. The third kappa shape index (κ3) is 4.26. The van der Waals surface area contributed by atoms with Crippen LogP contribution in [0.4, 0.5) is 10.1 Å². The van der Waals surface area contributed by atoms with E-state index in [-0.39, 0.29) is 17.8 Å². The van der Waals surface area contributed by atoms with Gasteiger partial charge in [0, 0.05) is 49.9 Å². The van der Waals surface area contributed by atoms with Gasteiger partial charge in [0.05, 0.1) is 40.9 Å². The van der Waals surface area contributed by atoms with Gasteiger partial charge in [-0.15, -0.1) is 0 Å². The smallest absolute Gasteiger partial charge is 0.241 e. The maximum Gasteiger partial charge on any atom is 0.241 e. The molecule has 0 bridgehead atoms. The summed E-state index contributed by atoms with van der Waals surface area (Å²) >= 11 is 6.11. The number of piperazine rings is 1. The van der Waals surface area contributed by atoms with E-state index >= 15 is 0 Å². The molecule has 0 aliphatic carbocycles. The molecule has 34 heavy (non-hydrogen) atoms. The fourth-order valence-electron chi connectivity index (χ4n) is 4.33. The summed E-state index contributed by atoms with van der Waals surface area (Å²) in [6, 6.07) is 9.96. The fourth-order valence-corrected chi connectivity index (χ4v) is 4.50. The molecule has 5 rings (SSSR count). The molecule has 9 heteroatoms. The predicted octanol–water partition coefficient (Wildman–Crippen LogP) is 3.18. The molecule has 1 atom stereocenters. The average molecular weight is 479 g/mol. The number of carbonyl (C=O) groups is 1. The van der Waals surface area contributed by atoms with Crippen LogP contribution >= 0.6 is 11.6 Å². The van der Waals surface area contributed by atoms with Gasteiger partial charge < -0.3 is 15.1 Å². The number of allylic oxidation sites excluding steroid dienone is 1. The van der Waals surface area contributed by atoms with E-state index in [9.17, 15) is 9.18 Å². The fraction of sp³-hybridized carbons (Fsp3) is 0.280. The Labute approximate surface area is 202 Å². The number of nitrogens with zero attached hydrogens (tertiary/aromatic N) is 5. The van der Waals surface area contributed by atoms with Gasteiger partial charge in [0.15, 0.2) is 0 Å². The lowest BCUT2D eigenvalue weighted by atomic mass is 9.99. The number of benzene rings is 1. The van der Waals surface area contributed by atoms with Crippen LogP contribution in [0, 0.1) is 5.82 Å². The standard InChI is InChI=1S/C25H24ClFN6O/c1-32(2)25(34)23-14-33(10-9-28-23)16-12-22-21(30-13-16)6-5-20(31-22)17-7-8-29-24(17)18-11-15(26)3-4-19(18)27/h3-7,11-13,23,28H,8-10,14H2,1-2H3/t23-/m1/s1. The number of aromatic nitrogens is 2. The summed E-state index contributed by atoms with van der Waals surface area (Å²) in [5, 5.41) is 3.73. The van der Waals surface area contributed by atoms with Crippen LogP contribution in [0.2, 0.25) is 5.02 Å². The minimum absolute atomic E-state index is 0.0482. The molecule has 2 aromatic heterocycles. The molecule has 1 N–H and O–H groups in total. The molecular weight excluding hydrogens is 455 g/mol. The lowest BCUT2D eigenvalue weighted by Crippen LogP contribution is -2.57. The normalized spacial score (nSPS) is 18.1. The second-order valence-corrected chi connectivity index (χ2v) is 8.98. The third-order valence-corrected chi connectivity index (χ3v) is 6.30. The third-order valence-electron chi connectivity index (χ3n) is 6.06. The first-order valence-corrected chi connectivity index (χ1v) is 11.5. The van der Waals surface area contributed by atoms with Crippen LogP contribution in [0.1, 0.15) is 11.3 Å². The second kappa shape index (κ2) is 9.12. The molecule has 0 unspecified atom stereocenters. The maximum absolute atomic E-state index is 14.5. The van der Waals surface area contributed by atoms with E-state index in [1.807, 2.05) is 30.5 Å². The van der Waals surface area contributed by atoms with Gasteiger partial charge in [-0.1, -0.05) is 17.7 Å². The number of hydrogen-bond donors (Lipinski definition) is 1. The molecule has 1 fully saturated rings. The van der Waals surface area contributed by atoms with Crippen LogP contribution in [-0.2, 0) is 4.79 Å². The highest BCUT2D eigenvalue weighted by Crippen LogP contribution is 2.28. The van der Waals surface area contributed by atoms with Crippen LogP contribution in [-0.4, -0.2) is 72.8 Å². The van der Waals surface area contributed by atoms with Crippen LogP contribution < -0.4 is 10.2 Å². The topological polar surface area (TPSA) is 73.7 Å². The molecule has 1 aromatic carbocycles. The molecular formula is C25H24ClFN6O. The number of halogens is 2. The van der Waals surface area contributed by atoms with Crippen molar-refractivity contribution in [3.05, 3.63) is 70.8 Å². The predicted molar refractivity (Wildman–Crippen MR) is 133 cm³/mol. The van der Waals surface area contributed by atoms with Crippen molar-refractivity contribution in [2.24, 2.45) is 4.99 Å². The summed E-state index contributed by atoms with van der Waals surface area (Å²) < 4.78 is 14.5. The van der Waals surface area contributed by atoms with Crippen LogP contribution in [0.5, 0.6) is 0 Å². The van der Waals surface area contributed by atoms with Crippen molar-refractivity contribution < 1.29 is 9.18 Å². The zero-order valence-electron chi connectivity index (χ0n) is 18.9. The molecule has 7 nitrogen and oxygen atoms in total. The summed E-state index contributed by atoms with van der Waals surface area (Å²) in [7, 11) is 3.52. The van der Waals surface area contributed by atoms with Crippen molar-refractivity contribution in [2.75, 3.05) is 45.2 Å². The van der Waals surface area contributed by atoms with E-state index in [2.05, 4.69) is 20.2 Å². The number of rotatable bonds is 4. The number of aliphatic imine (C=N–C) groups is 1. The number of likely N-dealkylation sites (N-methyl/N-ethyl adjacent to an activating group) is 1. The van der Waals surface area contributed by atoms with Gasteiger partial charge in [-0.05, 0) is 36.4 Å². The zero-order valence-corrected chi connectivity index (χ0v) is 19.7. The summed E-state index contributed by atoms with van der Waals surface area (Å²) in [4.78, 5) is 30.1. The molecule has 1 amide bonds. The number of anilines is 1. The Hall–Kier alpha value is -3.36.